The molecule has 4 atom stereocenters. The third kappa shape index (κ3) is 2.31. The zero-order valence-corrected chi connectivity index (χ0v) is 18.9. The molecule has 1 N–H and O–H groups in total. The summed E-state index contributed by atoms with van der Waals surface area (Å²) in [7, 11) is 1.47. The van der Waals surface area contributed by atoms with Gasteiger partial charge in [-0.3, -0.25) is 19.8 Å². The van der Waals surface area contributed by atoms with Gasteiger partial charge in [0, 0.05) is 24.9 Å². The molecule has 7 heteroatoms. The van der Waals surface area contributed by atoms with Crippen LogP contribution in [0.2, 0.25) is 0 Å². The molecule has 2 bridgehead atoms. The smallest absolute Gasteiger partial charge is 0.330 e. The van der Waals surface area contributed by atoms with E-state index in [0.717, 1.165) is 46.4 Å². The Hall–Kier alpha value is -2.96. The van der Waals surface area contributed by atoms with Crippen LogP contribution in [0.3, 0.4) is 0 Å². The van der Waals surface area contributed by atoms with E-state index in [9.17, 15) is 14.4 Å². The summed E-state index contributed by atoms with van der Waals surface area (Å²) < 4.78 is 0. The van der Waals surface area contributed by atoms with Gasteiger partial charge in [-0.25, -0.2) is 9.78 Å². The maximum absolute atomic E-state index is 13.8. The van der Waals surface area contributed by atoms with E-state index in [4.69, 9.17) is 4.98 Å². The highest BCUT2D eigenvalue weighted by molar-refractivity contribution is 6.20. The number of hydrogen-bond acceptors (Lipinski definition) is 5. The Labute approximate surface area is 187 Å². The highest BCUT2D eigenvalue weighted by Crippen LogP contribution is 2.63. The molecule has 0 unspecified atom stereocenters. The summed E-state index contributed by atoms with van der Waals surface area (Å²) >= 11 is 0. The second-order valence-electron chi connectivity index (χ2n) is 11.3. The molecule has 3 fully saturated rings. The number of imide groups is 2. The van der Waals surface area contributed by atoms with E-state index in [0.29, 0.717) is 0 Å². The normalized spacial score (nSPS) is 35.2. The molecule has 4 heterocycles. The first-order valence-corrected chi connectivity index (χ1v) is 11.4. The van der Waals surface area contributed by atoms with Crippen molar-refractivity contribution in [2.24, 2.45) is 16.2 Å². The molecule has 32 heavy (non-hydrogen) atoms. The van der Waals surface area contributed by atoms with Gasteiger partial charge in [0.25, 0.3) is 0 Å². The molecule has 4 amide bonds. The fourth-order valence-electron chi connectivity index (χ4n) is 7.64. The van der Waals surface area contributed by atoms with E-state index in [1.165, 1.54) is 7.05 Å². The largest absolute Gasteiger partial charge is 0.348 e. The molecule has 2 saturated heterocycles. The second kappa shape index (κ2) is 5.88. The summed E-state index contributed by atoms with van der Waals surface area (Å²) in [5.41, 5.74) is 0.317. The highest BCUT2D eigenvalue weighted by Gasteiger charge is 2.71. The minimum atomic E-state index is -1.34. The number of aromatic nitrogens is 1. The topological polar surface area (TPSA) is 82.6 Å². The number of benzene rings is 1. The Kier molecular flexibility index (Phi) is 3.62. The van der Waals surface area contributed by atoms with Gasteiger partial charge in [0.2, 0.25) is 11.8 Å². The number of carbonyl (C=O) groups excluding carboxylic acids is 3. The number of anilines is 1. The Morgan fingerprint density at radius 2 is 1.84 bits per heavy atom. The fraction of sp³-hybridized carbons (Fsp3) is 0.520. The van der Waals surface area contributed by atoms with E-state index in [1.54, 1.807) is 0 Å². The van der Waals surface area contributed by atoms with Crippen LogP contribution in [0.5, 0.6) is 0 Å². The summed E-state index contributed by atoms with van der Waals surface area (Å²) in [5, 5.41) is 3.49. The van der Waals surface area contributed by atoms with Crippen LogP contribution < -0.4 is 10.2 Å². The van der Waals surface area contributed by atoms with Crippen molar-refractivity contribution in [3.05, 3.63) is 35.9 Å². The summed E-state index contributed by atoms with van der Waals surface area (Å²) in [4.78, 5) is 48.2. The van der Waals surface area contributed by atoms with Gasteiger partial charge >= 0.3 is 6.03 Å². The average molecular weight is 433 g/mol. The SMILES string of the molecule is CN1C(=O)NC(=O)[C@]2(Cc3cc4ccccc4nc3N3[C@H]4CC(C)(C)C[C@@](C)(C4)[C@@H]32)C1=O. The van der Waals surface area contributed by atoms with Gasteiger partial charge in [-0.05, 0) is 47.8 Å². The number of barbiturate groups is 1. The van der Waals surface area contributed by atoms with Crippen molar-refractivity contribution in [1.82, 2.24) is 15.2 Å². The molecule has 3 aliphatic heterocycles. The summed E-state index contributed by atoms with van der Waals surface area (Å²) in [6.07, 6.45) is 3.07. The molecule has 1 aliphatic carbocycles. The molecule has 1 saturated carbocycles. The van der Waals surface area contributed by atoms with Gasteiger partial charge in [0.05, 0.1) is 11.6 Å². The van der Waals surface area contributed by atoms with Gasteiger partial charge in [0.15, 0.2) is 5.41 Å². The first kappa shape index (κ1) is 19.7. The van der Waals surface area contributed by atoms with E-state index < -0.39 is 23.3 Å². The number of nitrogens with one attached hydrogen (secondary N) is 1. The van der Waals surface area contributed by atoms with Gasteiger partial charge in [-0.1, -0.05) is 39.0 Å². The zero-order chi connectivity index (χ0) is 22.6. The molecule has 1 aromatic carbocycles. The molecular weight excluding hydrogens is 404 g/mol. The monoisotopic (exact) mass is 432 g/mol. The number of urea groups is 1. The number of carbonyl (C=O) groups is 3. The van der Waals surface area contributed by atoms with Crippen molar-refractivity contribution in [3.8, 4) is 0 Å². The van der Waals surface area contributed by atoms with E-state index >= 15 is 0 Å². The van der Waals surface area contributed by atoms with Gasteiger partial charge in [0.1, 0.15) is 5.82 Å². The van der Waals surface area contributed by atoms with Crippen LogP contribution in [0.25, 0.3) is 10.9 Å². The number of fused-ring (bicyclic) bond motifs is 9. The molecule has 166 valence electrons. The van der Waals surface area contributed by atoms with E-state index in [-0.39, 0.29) is 29.3 Å². The minimum absolute atomic E-state index is 0.0864. The van der Waals surface area contributed by atoms with Crippen molar-refractivity contribution in [3.63, 3.8) is 0 Å². The van der Waals surface area contributed by atoms with Crippen LogP contribution >= 0.6 is 0 Å². The molecule has 1 spiro atoms. The highest BCUT2D eigenvalue weighted by atomic mass is 16.2. The Morgan fingerprint density at radius 3 is 2.62 bits per heavy atom. The molecule has 2 aromatic rings. The van der Waals surface area contributed by atoms with E-state index in [2.05, 4.69) is 37.1 Å². The lowest BCUT2D eigenvalue weighted by atomic mass is 9.56. The van der Waals surface area contributed by atoms with Crippen molar-refractivity contribution in [2.45, 2.75) is 58.5 Å². The maximum Gasteiger partial charge on any atom is 0.330 e. The van der Waals surface area contributed by atoms with Crippen LogP contribution in [-0.2, 0) is 16.0 Å². The number of pyridine rings is 1. The standard InChI is InChI=1S/C25H28N4O3/c1-23(2)11-16-12-24(3,13-23)19-25(20(30)27-22(32)28(4)21(25)31)10-15-9-14-7-5-6-8-17(14)26-18(15)29(16)19/h5-9,16,19H,10-13H2,1-4H3,(H,27,30,32)/t16-,19+,24+,25+/m0/s1. The Bertz CT molecular complexity index is 1220. The number of rotatable bonds is 0. The van der Waals surface area contributed by atoms with Crippen LogP contribution in [-0.4, -0.2) is 46.9 Å². The maximum atomic E-state index is 13.8. The predicted octanol–water partition coefficient (Wildman–Crippen LogP) is 3.26. The fourth-order valence-corrected chi connectivity index (χ4v) is 7.64. The third-order valence-corrected chi connectivity index (χ3v) is 8.28. The molecule has 4 aliphatic rings. The van der Waals surface area contributed by atoms with Gasteiger partial charge in [-0.2, -0.15) is 0 Å². The lowest BCUT2D eigenvalue weighted by Crippen LogP contribution is -2.72. The predicted molar refractivity (Wildman–Crippen MR) is 120 cm³/mol. The molecule has 6 rings (SSSR count). The first-order chi connectivity index (χ1) is 15.1. The minimum Gasteiger partial charge on any atom is -0.348 e. The lowest BCUT2D eigenvalue weighted by Gasteiger charge is -2.53. The van der Waals surface area contributed by atoms with Gasteiger partial charge < -0.3 is 4.90 Å². The number of hydrogen-bond donors (Lipinski definition) is 1. The molecular formula is C25H28N4O3. The first-order valence-electron chi connectivity index (χ1n) is 11.4. The summed E-state index contributed by atoms with van der Waals surface area (Å²) in [6, 6.07) is 9.24. The third-order valence-electron chi connectivity index (χ3n) is 8.28. The Balaban J connectivity index is 1.65. The van der Waals surface area contributed by atoms with Crippen LogP contribution in [0.1, 0.15) is 45.6 Å². The molecule has 1 aromatic heterocycles. The summed E-state index contributed by atoms with van der Waals surface area (Å²) in [5.74, 6) is 0.0310. The van der Waals surface area contributed by atoms with E-state index in [1.807, 2.05) is 24.3 Å². The molecule has 7 nitrogen and oxygen atoms in total. The quantitative estimate of drug-likeness (QED) is 0.646. The molecule has 0 radical (unpaired) electrons. The van der Waals surface area contributed by atoms with Gasteiger partial charge in [-0.15, -0.1) is 0 Å². The van der Waals surface area contributed by atoms with Crippen molar-refractivity contribution >= 4 is 34.6 Å². The van der Waals surface area contributed by atoms with Crippen molar-refractivity contribution in [2.75, 3.05) is 11.9 Å². The zero-order valence-electron chi connectivity index (χ0n) is 18.9. The number of nitrogens with zero attached hydrogens (tertiary/aromatic N) is 3. The second-order valence-corrected chi connectivity index (χ2v) is 11.3. The summed E-state index contributed by atoms with van der Waals surface area (Å²) in [6.45, 7) is 6.77. The number of para-hydroxylation sites is 1. The van der Waals surface area contributed by atoms with Crippen molar-refractivity contribution in [1.29, 1.82) is 0 Å². The van der Waals surface area contributed by atoms with Crippen LogP contribution in [0, 0.1) is 16.2 Å². The van der Waals surface area contributed by atoms with Crippen molar-refractivity contribution < 1.29 is 14.4 Å². The number of amides is 4. The van der Waals surface area contributed by atoms with Crippen LogP contribution in [0.15, 0.2) is 30.3 Å². The van der Waals surface area contributed by atoms with Crippen LogP contribution in [0.4, 0.5) is 10.6 Å². The Morgan fingerprint density at radius 1 is 1.09 bits per heavy atom. The lowest BCUT2D eigenvalue weighted by molar-refractivity contribution is -0.155. The average Bonchev–Trinajstić information content (AvgIpc) is 2.95.